The summed E-state index contributed by atoms with van der Waals surface area (Å²) in [7, 11) is 0. The van der Waals surface area contributed by atoms with E-state index in [2.05, 4.69) is 0 Å². The van der Waals surface area contributed by atoms with Crippen molar-refractivity contribution >= 4 is 17.3 Å². The van der Waals surface area contributed by atoms with E-state index in [4.69, 9.17) is 16.3 Å². The Morgan fingerprint density at radius 2 is 1.90 bits per heavy atom. The molecule has 2 aromatic rings. The summed E-state index contributed by atoms with van der Waals surface area (Å²) in [6.07, 6.45) is 0.572. The van der Waals surface area contributed by atoms with Crippen molar-refractivity contribution in [3.8, 4) is 5.75 Å². The van der Waals surface area contributed by atoms with Gasteiger partial charge in [-0.25, -0.2) is 4.39 Å². The number of nitrogens with zero attached hydrogens (tertiary/aromatic N) is 1. The van der Waals surface area contributed by atoms with E-state index in [1.165, 1.54) is 24.3 Å². The smallest absolute Gasteiger partial charge is 0.269 e. The molecule has 0 radical (unpaired) electrons. The first-order valence-electron chi connectivity index (χ1n) is 5.87. The number of rotatable bonds is 5. The first-order valence-corrected chi connectivity index (χ1v) is 6.25. The maximum absolute atomic E-state index is 13.2. The van der Waals surface area contributed by atoms with Crippen LogP contribution in [0.1, 0.15) is 5.56 Å². The monoisotopic (exact) mass is 295 g/mol. The summed E-state index contributed by atoms with van der Waals surface area (Å²) in [5, 5.41) is 10.6. The fourth-order valence-electron chi connectivity index (χ4n) is 1.64. The zero-order chi connectivity index (χ0) is 14.5. The second-order valence-corrected chi connectivity index (χ2v) is 4.51. The third-order valence-electron chi connectivity index (χ3n) is 2.70. The molecule has 20 heavy (non-hydrogen) atoms. The van der Waals surface area contributed by atoms with Gasteiger partial charge < -0.3 is 4.74 Å². The summed E-state index contributed by atoms with van der Waals surface area (Å²) < 4.78 is 18.6. The van der Waals surface area contributed by atoms with E-state index in [9.17, 15) is 14.5 Å². The molecule has 0 bridgehead atoms. The molecule has 0 saturated carbocycles. The van der Waals surface area contributed by atoms with Gasteiger partial charge in [0.1, 0.15) is 11.6 Å². The molecule has 0 unspecified atom stereocenters. The molecule has 0 aromatic heterocycles. The second-order valence-electron chi connectivity index (χ2n) is 4.10. The third kappa shape index (κ3) is 3.68. The van der Waals surface area contributed by atoms with Crippen molar-refractivity contribution in [2.75, 3.05) is 6.61 Å². The van der Waals surface area contributed by atoms with Gasteiger partial charge in [-0.05, 0) is 17.7 Å². The highest BCUT2D eigenvalue weighted by atomic mass is 35.5. The van der Waals surface area contributed by atoms with Crippen LogP contribution in [0.2, 0.25) is 5.02 Å². The van der Waals surface area contributed by atoms with E-state index in [0.717, 1.165) is 5.56 Å². The number of ether oxygens (including phenoxy) is 1. The molecule has 0 N–H and O–H groups in total. The van der Waals surface area contributed by atoms with Crippen molar-refractivity contribution in [3.63, 3.8) is 0 Å². The number of hydrogen-bond donors (Lipinski definition) is 0. The molecule has 0 fully saturated rings. The van der Waals surface area contributed by atoms with Crippen LogP contribution in [0.25, 0.3) is 0 Å². The highest BCUT2D eigenvalue weighted by Crippen LogP contribution is 2.20. The van der Waals surface area contributed by atoms with Crippen molar-refractivity contribution in [2.24, 2.45) is 0 Å². The summed E-state index contributed by atoms with van der Waals surface area (Å²) >= 11 is 5.57. The van der Waals surface area contributed by atoms with Crippen LogP contribution >= 0.6 is 11.6 Å². The standard InChI is InChI=1S/C14H11ClFNO3/c15-13-6-5-12(9-14(13)16)20-8-7-10-1-3-11(4-2-10)17(18)19/h1-6,9H,7-8H2. The van der Waals surface area contributed by atoms with Crippen LogP contribution in [0.15, 0.2) is 42.5 Å². The van der Waals surface area contributed by atoms with E-state index in [-0.39, 0.29) is 10.7 Å². The highest BCUT2D eigenvalue weighted by molar-refractivity contribution is 6.30. The second kappa shape index (κ2) is 6.34. The molecule has 2 aromatic carbocycles. The molecule has 2 rings (SSSR count). The minimum atomic E-state index is -0.528. The van der Waals surface area contributed by atoms with Gasteiger partial charge in [-0.1, -0.05) is 23.7 Å². The van der Waals surface area contributed by atoms with Crippen molar-refractivity contribution in [2.45, 2.75) is 6.42 Å². The average molecular weight is 296 g/mol. The summed E-state index contributed by atoms with van der Waals surface area (Å²) in [6.45, 7) is 0.346. The van der Waals surface area contributed by atoms with Crippen molar-refractivity contribution in [1.82, 2.24) is 0 Å². The van der Waals surface area contributed by atoms with Gasteiger partial charge in [0.15, 0.2) is 0 Å². The summed E-state index contributed by atoms with van der Waals surface area (Å²) in [5.41, 5.74) is 0.958. The fourth-order valence-corrected chi connectivity index (χ4v) is 1.76. The van der Waals surface area contributed by atoms with Crippen LogP contribution in [-0.2, 0) is 6.42 Å². The van der Waals surface area contributed by atoms with Crippen LogP contribution in [0.5, 0.6) is 5.75 Å². The SMILES string of the molecule is O=[N+]([O-])c1ccc(CCOc2ccc(Cl)c(F)c2)cc1. The predicted molar refractivity (Wildman–Crippen MR) is 73.7 cm³/mol. The number of hydrogen-bond acceptors (Lipinski definition) is 3. The molecule has 4 nitrogen and oxygen atoms in total. The normalized spacial score (nSPS) is 10.3. The Bertz CT molecular complexity index is 616. The Balaban J connectivity index is 1.89. The van der Waals surface area contributed by atoms with Gasteiger partial charge in [0.25, 0.3) is 5.69 Å². The summed E-state index contributed by atoms with van der Waals surface area (Å²) in [4.78, 5) is 10.1. The van der Waals surface area contributed by atoms with E-state index in [0.29, 0.717) is 18.8 Å². The molecule has 104 valence electrons. The van der Waals surface area contributed by atoms with Crippen LogP contribution < -0.4 is 4.74 Å². The number of nitro groups is 1. The minimum Gasteiger partial charge on any atom is -0.493 e. The van der Waals surface area contributed by atoms with Crippen LogP contribution in [-0.4, -0.2) is 11.5 Å². The van der Waals surface area contributed by atoms with Gasteiger partial charge >= 0.3 is 0 Å². The third-order valence-corrected chi connectivity index (χ3v) is 3.00. The van der Waals surface area contributed by atoms with Gasteiger partial charge in [0.2, 0.25) is 0 Å². The van der Waals surface area contributed by atoms with E-state index in [1.54, 1.807) is 18.2 Å². The highest BCUT2D eigenvalue weighted by Gasteiger charge is 2.05. The molecular formula is C14H11ClFNO3. The zero-order valence-electron chi connectivity index (χ0n) is 10.4. The molecule has 0 spiro atoms. The predicted octanol–water partition coefficient (Wildman–Crippen LogP) is 4.01. The number of benzene rings is 2. The van der Waals surface area contributed by atoms with Gasteiger partial charge in [-0.15, -0.1) is 0 Å². The maximum Gasteiger partial charge on any atom is 0.269 e. The Hall–Kier alpha value is -2.14. The number of halogens is 2. The van der Waals surface area contributed by atoms with Gasteiger partial charge in [-0.2, -0.15) is 0 Å². The summed E-state index contributed by atoms with van der Waals surface area (Å²) in [5.74, 6) is -0.131. The largest absolute Gasteiger partial charge is 0.493 e. The maximum atomic E-state index is 13.2. The topological polar surface area (TPSA) is 52.4 Å². The Kier molecular flexibility index (Phi) is 4.53. The molecule has 0 heterocycles. The van der Waals surface area contributed by atoms with Gasteiger partial charge in [-0.3, -0.25) is 10.1 Å². The lowest BCUT2D eigenvalue weighted by atomic mass is 10.1. The first-order chi connectivity index (χ1) is 9.56. The lowest BCUT2D eigenvalue weighted by Gasteiger charge is -2.06. The minimum absolute atomic E-state index is 0.0488. The van der Waals surface area contributed by atoms with Crippen LogP contribution in [0.3, 0.4) is 0 Å². The fraction of sp³-hybridized carbons (Fsp3) is 0.143. The molecule has 0 saturated heterocycles. The Morgan fingerprint density at radius 3 is 2.50 bits per heavy atom. The number of non-ortho nitro benzene ring substituents is 1. The van der Waals surface area contributed by atoms with Gasteiger partial charge in [0, 0.05) is 24.6 Å². The van der Waals surface area contributed by atoms with Crippen LogP contribution in [0.4, 0.5) is 10.1 Å². The first kappa shape index (κ1) is 14.3. The molecule has 0 aliphatic heterocycles. The lowest BCUT2D eigenvalue weighted by Crippen LogP contribution is -2.01. The van der Waals surface area contributed by atoms with Crippen molar-refractivity contribution in [1.29, 1.82) is 0 Å². The lowest BCUT2D eigenvalue weighted by molar-refractivity contribution is -0.384. The van der Waals surface area contributed by atoms with Crippen LogP contribution in [0, 0.1) is 15.9 Å². The molecule has 0 aliphatic carbocycles. The number of nitro benzene ring substituents is 1. The van der Waals surface area contributed by atoms with E-state index in [1.807, 2.05) is 0 Å². The van der Waals surface area contributed by atoms with E-state index >= 15 is 0 Å². The molecule has 0 amide bonds. The molecule has 0 atom stereocenters. The molecule has 6 heteroatoms. The van der Waals surface area contributed by atoms with Gasteiger partial charge in [0.05, 0.1) is 16.6 Å². The zero-order valence-corrected chi connectivity index (χ0v) is 11.1. The Morgan fingerprint density at radius 1 is 1.20 bits per heavy atom. The quantitative estimate of drug-likeness (QED) is 0.618. The summed E-state index contributed by atoms with van der Waals surface area (Å²) in [6, 6.07) is 10.5. The van der Waals surface area contributed by atoms with Crippen molar-refractivity contribution < 1.29 is 14.1 Å². The molecular weight excluding hydrogens is 285 g/mol. The average Bonchev–Trinajstić information content (AvgIpc) is 2.43. The van der Waals surface area contributed by atoms with E-state index < -0.39 is 10.7 Å². The van der Waals surface area contributed by atoms with Crippen molar-refractivity contribution in [3.05, 3.63) is 69.0 Å². The Labute approximate surface area is 119 Å². The molecule has 0 aliphatic rings.